The van der Waals surface area contributed by atoms with Gasteiger partial charge in [-0.3, -0.25) is 0 Å². The lowest BCUT2D eigenvalue weighted by atomic mass is 10.1. The summed E-state index contributed by atoms with van der Waals surface area (Å²) in [5, 5.41) is 8.94. The van der Waals surface area contributed by atoms with Gasteiger partial charge in [-0.25, -0.2) is 9.78 Å². The minimum Gasteiger partial charge on any atom is -0.496 e. The zero-order valence-corrected chi connectivity index (χ0v) is 9.43. The summed E-state index contributed by atoms with van der Waals surface area (Å²) in [5.74, 6) is -0.209. The molecule has 88 valence electrons. The van der Waals surface area contributed by atoms with Gasteiger partial charge in [0, 0.05) is 5.56 Å². The molecule has 0 aliphatic carbocycles. The van der Waals surface area contributed by atoms with Crippen LogP contribution in [0.4, 0.5) is 0 Å². The zero-order valence-electron chi connectivity index (χ0n) is 9.43. The summed E-state index contributed by atoms with van der Waals surface area (Å²) in [6.45, 7) is 1.90. The second-order valence-corrected chi connectivity index (χ2v) is 3.52. The molecule has 0 spiro atoms. The van der Waals surface area contributed by atoms with Crippen LogP contribution in [-0.2, 0) is 0 Å². The van der Waals surface area contributed by atoms with Gasteiger partial charge in [-0.15, -0.1) is 0 Å². The van der Waals surface area contributed by atoms with Crippen LogP contribution < -0.4 is 4.74 Å². The molecule has 1 aromatic carbocycles. The largest absolute Gasteiger partial charge is 0.496 e. The number of carboxylic acids is 1. The number of ether oxygens (including phenoxy) is 1. The number of hydrogen-bond acceptors (Lipinski definition) is 4. The van der Waals surface area contributed by atoms with Gasteiger partial charge < -0.3 is 14.3 Å². The second-order valence-electron chi connectivity index (χ2n) is 3.52. The Balaban J connectivity index is 2.53. The number of nitrogens with zero attached hydrogens (tertiary/aromatic N) is 1. The molecule has 0 saturated carbocycles. The fourth-order valence-corrected chi connectivity index (χ4v) is 1.56. The van der Waals surface area contributed by atoms with Crippen LogP contribution in [0.3, 0.4) is 0 Å². The Morgan fingerprint density at radius 1 is 1.47 bits per heavy atom. The highest BCUT2D eigenvalue weighted by Gasteiger charge is 2.17. The molecule has 0 radical (unpaired) electrons. The van der Waals surface area contributed by atoms with Crippen LogP contribution in [0.25, 0.3) is 11.3 Å². The van der Waals surface area contributed by atoms with Crippen molar-refractivity contribution in [3.05, 3.63) is 35.9 Å². The van der Waals surface area contributed by atoms with Crippen LogP contribution in [0.1, 0.15) is 16.1 Å². The number of aryl methyl sites for hydroxylation is 1. The molecule has 0 amide bonds. The number of rotatable bonds is 3. The Morgan fingerprint density at radius 3 is 2.88 bits per heavy atom. The van der Waals surface area contributed by atoms with Gasteiger partial charge >= 0.3 is 5.97 Å². The molecule has 0 aliphatic rings. The number of aromatic carboxylic acids is 1. The van der Waals surface area contributed by atoms with E-state index in [-0.39, 0.29) is 11.5 Å². The number of carbonyl (C=O) groups is 1. The molecule has 0 atom stereocenters. The fourth-order valence-electron chi connectivity index (χ4n) is 1.56. The van der Waals surface area contributed by atoms with Crippen LogP contribution >= 0.6 is 0 Å². The third-order valence-electron chi connectivity index (χ3n) is 2.44. The first-order valence-electron chi connectivity index (χ1n) is 4.95. The standard InChI is InChI=1S/C12H11NO4/c1-7-3-4-8(5-9(7)16-2)11-10(12(14)15)13-6-17-11/h3-6H,1-2H3,(H,14,15). The van der Waals surface area contributed by atoms with Gasteiger partial charge in [0.25, 0.3) is 0 Å². The van der Waals surface area contributed by atoms with E-state index in [0.717, 1.165) is 12.0 Å². The molecule has 1 N–H and O–H groups in total. The van der Waals surface area contributed by atoms with Crippen molar-refractivity contribution in [2.45, 2.75) is 6.92 Å². The Labute approximate surface area is 97.7 Å². The molecule has 0 saturated heterocycles. The first kappa shape index (κ1) is 11.2. The van der Waals surface area contributed by atoms with Crippen LogP contribution in [-0.4, -0.2) is 23.2 Å². The van der Waals surface area contributed by atoms with Crippen molar-refractivity contribution in [2.24, 2.45) is 0 Å². The molecule has 0 fully saturated rings. The molecular formula is C12H11NO4. The monoisotopic (exact) mass is 233 g/mol. The maximum atomic E-state index is 10.9. The molecule has 2 aromatic rings. The fraction of sp³-hybridized carbons (Fsp3) is 0.167. The van der Waals surface area contributed by atoms with Gasteiger partial charge in [-0.05, 0) is 18.6 Å². The Bertz CT molecular complexity index is 559. The molecule has 0 bridgehead atoms. The van der Waals surface area contributed by atoms with Gasteiger partial charge in [0.15, 0.2) is 17.8 Å². The lowest BCUT2D eigenvalue weighted by Crippen LogP contribution is -1.98. The van der Waals surface area contributed by atoms with E-state index in [1.165, 1.54) is 0 Å². The summed E-state index contributed by atoms with van der Waals surface area (Å²) in [5.41, 5.74) is 1.49. The minimum atomic E-state index is -1.12. The molecule has 5 heteroatoms. The summed E-state index contributed by atoms with van der Waals surface area (Å²) < 4.78 is 10.3. The van der Waals surface area contributed by atoms with Crippen LogP contribution in [0.2, 0.25) is 0 Å². The Morgan fingerprint density at radius 2 is 2.24 bits per heavy atom. The molecular weight excluding hydrogens is 222 g/mol. The normalized spacial score (nSPS) is 10.2. The van der Waals surface area contributed by atoms with Crippen molar-refractivity contribution < 1.29 is 19.1 Å². The summed E-state index contributed by atoms with van der Waals surface area (Å²) in [6, 6.07) is 5.33. The van der Waals surface area contributed by atoms with Gasteiger partial charge in [0.05, 0.1) is 7.11 Å². The lowest BCUT2D eigenvalue weighted by Gasteiger charge is -2.06. The van der Waals surface area contributed by atoms with Gasteiger partial charge in [-0.1, -0.05) is 12.1 Å². The van der Waals surface area contributed by atoms with Crippen molar-refractivity contribution in [2.75, 3.05) is 7.11 Å². The predicted molar refractivity (Wildman–Crippen MR) is 60.2 cm³/mol. The minimum absolute atomic E-state index is 0.101. The van der Waals surface area contributed by atoms with Crippen LogP contribution in [0.5, 0.6) is 5.75 Å². The van der Waals surface area contributed by atoms with E-state index in [0.29, 0.717) is 11.3 Å². The molecule has 17 heavy (non-hydrogen) atoms. The highest BCUT2D eigenvalue weighted by molar-refractivity contribution is 5.92. The maximum absolute atomic E-state index is 10.9. The van der Waals surface area contributed by atoms with Crippen molar-refractivity contribution >= 4 is 5.97 Å². The number of hydrogen-bond donors (Lipinski definition) is 1. The number of oxazole rings is 1. The third-order valence-corrected chi connectivity index (χ3v) is 2.44. The average molecular weight is 233 g/mol. The van der Waals surface area contributed by atoms with Crippen molar-refractivity contribution in [3.8, 4) is 17.1 Å². The SMILES string of the molecule is COc1cc(-c2ocnc2C(=O)O)ccc1C. The quantitative estimate of drug-likeness (QED) is 0.880. The number of benzene rings is 1. The van der Waals surface area contributed by atoms with Crippen molar-refractivity contribution in [3.63, 3.8) is 0 Å². The van der Waals surface area contributed by atoms with E-state index >= 15 is 0 Å². The molecule has 1 heterocycles. The topological polar surface area (TPSA) is 72.6 Å². The highest BCUT2D eigenvalue weighted by Crippen LogP contribution is 2.28. The summed E-state index contributed by atoms with van der Waals surface area (Å²) >= 11 is 0. The highest BCUT2D eigenvalue weighted by atomic mass is 16.5. The van der Waals surface area contributed by atoms with Gasteiger partial charge in [0.2, 0.25) is 0 Å². The van der Waals surface area contributed by atoms with E-state index in [4.69, 9.17) is 14.3 Å². The third kappa shape index (κ3) is 1.99. The number of methoxy groups -OCH3 is 1. The van der Waals surface area contributed by atoms with Gasteiger partial charge in [-0.2, -0.15) is 0 Å². The van der Waals surface area contributed by atoms with E-state index in [1.54, 1.807) is 19.2 Å². The molecule has 1 aromatic heterocycles. The van der Waals surface area contributed by atoms with E-state index < -0.39 is 5.97 Å². The lowest BCUT2D eigenvalue weighted by molar-refractivity contribution is 0.0691. The van der Waals surface area contributed by atoms with Gasteiger partial charge in [0.1, 0.15) is 5.75 Å². The summed E-state index contributed by atoms with van der Waals surface area (Å²) in [6.07, 6.45) is 1.12. The number of carboxylic acid groups (broad SMARTS) is 1. The van der Waals surface area contributed by atoms with E-state index in [1.807, 2.05) is 13.0 Å². The Hall–Kier alpha value is -2.30. The van der Waals surface area contributed by atoms with Crippen molar-refractivity contribution in [1.82, 2.24) is 4.98 Å². The first-order valence-corrected chi connectivity index (χ1v) is 4.95. The van der Waals surface area contributed by atoms with E-state index in [9.17, 15) is 4.79 Å². The summed E-state index contributed by atoms with van der Waals surface area (Å²) in [7, 11) is 1.56. The average Bonchev–Trinajstić information content (AvgIpc) is 2.78. The summed E-state index contributed by atoms with van der Waals surface area (Å²) in [4.78, 5) is 14.6. The zero-order chi connectivity index (χ0) is 12.4. The first-order chi connectivity index (χ1) is 8.13. The van der Waals surface area contributed by atoms with Crippen LogP contribution in [0.15, 0.2) is 29.0 Å². The predicted octanol–water partition coefficient (Wildman–Crippen LogP) is 2.36. The number of aromatic nitrogens is 1. The van der Waals surface area contributed by atoms with Crippen molar-refractivity contribution in [1.29, 1.82) is 0 Å². The second kappa shape index (κ2) is 4.29. The Kier molecular flexibility index (Phi) is 2.82. The smallest absolute Gasteiger partial charge is 0.358 e. The molecule has 0 aliphatic heterocycles. The van der Waals surface area contributed by atoms with Crippen LogP contribution in [0, 0.1) is 6.92 Å². The maximum Gasteiger partial charge on any atom is 0.358 e. The molecule has 5 nitrogen and oxygen atoms in total. The molecule has 2 rings (SSSR count). The molecule has 0 unspecified atom stereocenters. The van der Waals surface area contributed by atoms with E-state index in [2.05, 4.69) is 4.98 Å².